The number of carbonyl (C=O) groups is 2. The van der Waals surface area contributed by atoms with E-state index in [0.29, 0.717) is 35.5 Å². The summed E-state index contributed by atoms with van der Waals surface area (Å²) in [5.41, 5.74) is 2.05. The number of hydrogen-bond acceptors (Lipinski definition) is 6. The minimum absolute atomic E-state index is 0.0928. The van der Waals surface area contributed by atoms with Gasteiger partial charge in [-0.3, -0.25) is 14.5 Å². The van der Waals surface area contributed by atoms with Crippen LogP contribution in [0, 0.1) is 5.82 Å². The Morgan fingerprint density at radius 1 is 1.16 bits per heavy atom. The Morgan fingerprint density at radius 2 is 2.00 bits per heavy atom. The fourth-order valence-electron chi connectivity index (χ4n) is 4.65. The van der Waals surface area contributed by atoms with Crippen LogP contribution >= 0.6 is 0 Å². The van der Waals surface area contributed by atoms with Gasteiger partial charge in [0.15, 0.2) is 0 Å². The molecular formula is C28H28FN5O4. The first-order valence-electron chi connectivity index (χ1n) is 12.4. The second-order valence-electron chi connectivity index (χ2n) is 9.04. The number of ether oxygens (including phenoxy) is 2. The molecule has 1 aliphatic heterocycles. The quantitative estimate of drug-likeness (QED) is 0.364. The third-order valence-electron chi connectivity index (χ3n) is 6.50. The van der Waals surface area contributed by atoms with Crippen LogP contribution in [0.25, 0.3) is 11.0 Å². The molecular weight excluding hydrogens is 489 g/mol. The number of hydrogen-bond donors (Lipinski definition) is 1. The molecule has 0 aliphatic carbocycles. The second-order valence-corrected chi connectivity index (χ2v) is 9.04. The summed E-state index contributed by atoms with van der Waals surface area (Å²) in [6.45, 7) is 0.744. The van der Waals surface area contributed by atoms with Gasteiger partial charge in [0.05, 0.1) is 18.7 Å². The first kappa shape index (κ1) is 25.3. The molecule has 9 nitrogen and oxygen atoms in total. The van der Waals surface area contributed by atoms with E-state index in [1.54, 1.807) is 36.4 Å². The molecule has 196 valence electrons. The Labute approximate surface area is 219 Å². The molecule has 1 saturated heterocycles. The Morgan fingerprint density at radius 3 is 2.79 bits per heavy atom. The second kappa shape index (κ2) is 11.4. The number of fused-ring (bicyclic) bond motifs is 1. The van der Waals surface area contributed by atoms with Crippen LogP contribution in [-0.2, 0) is 20.9 Å². The standard InChI is InChI=1S/C28H28FN5O4/c1-37-22-10-4-7-19(15-22)27(28(36)30-17-23-11-6-14-38-23)34(21-9-5-8-20(29)16-21)26(35)18-33-25-13-3-2-12-24(25)31-32-33/h2-5,7-10,12-13,15-16,23,27H,6,11,14,17-18H2,1H3,(H,30,36)/t23-,27+/m0/s1. The van der Waals surface area contributed by atoms with Crippen LogP contribution in [-0.4, -0.2) is 53.2 Å². The average Bonchev–Trinajstić information content (AvgIpc) is 3.60. The zero-order valence-electron chi connectivity index (χ0n) is 20.9. The van der Waals surface area contributed by atoms with Crippen molar-refractivity contribution in [3.63, 3.8) is 0 Å². The van der Waals surface area contributed by atoms with Crippen molar-refractivity contribution in [2.24, 2.45) is 0 Å². The van der Waals surface area contributed by atoms with Gasteiger partial charge in [0.2, 0.25) is 11.8 Å². The van der Waals surface area contributed by atoms with Crippen molar-refractivity contribution in [1.82, 2.24) is 20.3 Å². The van der Waals surface area contributed by atoms with Gasteiger partial charge >= 0.3 is 0 Å². The molecule has 1 aromatic heterocycles. The summed E-state index contributed by atoms with van der Waals surface area (Å²) in [4.78, 5) is 29.1. The third kappa shape index (κ3) is 5.50. The van der Waals surface area contributed by atoms with Crippen LogP contribution in [0.4, 0.5) is 10.1 Å². The lowest BCUT2D eigenvalue weighted by molar-refractivity contribution is -0.127. The molecule has 3 aromatic carbocycles. The molecule has 1 N–H and O–H groups in total. The SMILES string of the molecule is COc1cccc([C@H](C(=O)NC[C@@H]2CCCO2)N(C(=O)Cn2nnc3ccccc32)c2cccc(F)c2)c1. The number of rotatable bonds is 9. The number of benzene rings is 3. The molecule has 5 rings (SSSR count). The van der Waals surface area contributed by atoms with Gasteiger partial charge in [0.25, 0.3) is 0 Å². The smallest absolute Gasteiger partial charge is 0.249 e. The highest BCUT2D eigenvalue weighted by Crippen LogP contribution is 2.31. The number of amides is 2. The molecule has 0 spiro atoms. The first-order chi connectivity index (χ1) is 18.5. The van der Waals surface area contributed by atoms with Crippen LogP contribution in [0.1, 0.15) is 24.4 Å². The van der Waals surface area contributed by atoms with Gasteiger partial charge in [-0.05, 0) is 60.9 Å². The van der Waals surface area contributed by atoms with Crippen molar-refractivity contribution >= 4 is 28.5 Å². The van der Waals surface area contributed by atoms with E-state index < -0.39 is 23.7 Å². The van der Waals surface area contributed by atoms with E-state index >= 15 is 0 Å². The maximum Gasteiger partial charge on any atom is 0.249 e. The molecule has 0 unspecified atom stereocenters. The van der Waals surface area contributed by atoms with Crippen molar-refractivity contribution in [2.45, 2.75) is 31.5 Å². The van der Waals surface area contributed by atoms with E-state index in [9.17, 15) is 14.0 Å². The highest BCUT2D eigenvalue weighted by Gasteiger charge is 2.34. The van der Waals surface area contributed by atoms with Crippen molar-refractivity contribution < 1.29 is 23.5 Å². The topological polar surface area (TPSA) is 98.6 Å². The fraction of sp³-hybridized carbons (Fsp3) is 0.286. The number of aromatic nitrogens is 3. The molecule has 4 aromatic rings. The molecule has 0 bridgehead atoms. The summed E-state index contributed by atoms with van der Waals surface area (Å²) in [6, 6.07) is 18.7. The number of nitrogens with one attached hydrogen (secondary N) is 1. The summed E-state index contributed by atoms with van der Waals surface area (Å²) in [6.07, 6.45) is 1.68. The third-order valence-corrected chi connectivity index (χ3v) is 6.50. The molecule has 0 saturated carbocycles. The minimum Gasteiger partial charge on any atom is -0.497 e. The zero-order chi connectivity index (χ0) is 26.5. The van der Waals surface area contributed by atoms with Crippen LogP contribution in [0.5, 0.6) is 5.75 Å². The summed E-state index contributed by atoms with van der Waals surface area (Å²) < 4.78 is 26.9. The van der Waals surface area contributed by atoms with Gasteiger partial charge in [-0.1, -0.05) is 35.5 Å². The fourth-order valence-corrected chi connectivity index (χ4v) is 4.65. The molecule has 0 radical (unpaired) electrons. The van der Waals surface area contributed by atoms with Crippen molar-refractivity contribution in [3.8, 4) is 5.75 Å². The number of nitrogens with zero attached hydrogens (tertiary/aromatic N) is 4. The largest absolute Gasteiger partial charge is 0.497 e. The monoisotopic (exact) mass is 517 g/mol. The molecule has 1 aliphatic rings. The van der Waals surface area contributed by atoms with E-state index in [4.69, 9.17) is 9.47 Å². The predicted molar refractivity (Wildman–Crippen MR) is 139 cm³/mol. The lowest BCUT2D eigenvalue weighted by Gasteiger charge is -2.32. The van der Waals surface area contributed by atoms with E-state index in [0.717, 1.165) is 12.8 Å². The van der Waals surface area contributed by atoms with Crippen LogP contribution in [0.3, 0.4) is 0 Å². The highest BCUT2D eigenvalue weighted by atomic mass is 19.1. The van der Waals surface area contributed by atoms with E-state index in [1.165, 1.54) is 34.9 Å². The van der Waals surface area contributed by atoms with E-state index in [-0.39, 0.29) is 18.3 Å². The Hall–Kier alpha value is -4.31. The average molecular weight is 518 g/mol. The summed E-state index contributed by atoms with van der Waals surface area (Å²) in [5, 5.41) is 11.2. The van der Waals surface area contributed by atoms with Gasteiger partial charge in [-0.15, -0.1) is 5.10 Å². The normalized spacial score (nSPS) is 15.8. The van der Waals surface area contributed by atoms with Gasteiger partial charge in [-0.2, -0.15) is 0 Å². The maximum atomic E-state index is 14.4. The highest BCUT2D eigenvalue weighted by molar-refractivity contribution is 6.01. The number of methoxy groups -OCH3 is 1. The van der Waals surface area contributed by atoms with Crippen LogP contribution in [0.2, 0.25) is 0 Å². The Bertz CT molecular complexity index is 1440. The molecule has 2 heterocycles. The van der Waals surface area contributed by atoms with E-state index in [1.807, 2.05) is 18.2 Å². The molecule has 1 fully saturated rings. The van der Waals surface area contributed by atoms with Crippen LogP contribution < -0.4 is 15.0 Å². The van der Waals surface area contributed by atoms with Crippen molar-refractivity contribution in [2.75, 3.05) is 25.2 Å². The van der Waals surface area contributed by atoms with Gasteiger partial charge in [-0.25, -0.2) is 9.07 Å². The Kier molecular flexibility index (Phi) is 7.60. The number of halogens is 1. The predicted octanol–water partition coefficient (Wildman–Crippen LogP) is 3.65. The maximum absolute atomic E-state index is 14.4. The molecule has 38 heavy (non-hydrogen) atoms. The summed E-state index contributed by atoms with van der Waals surface area (Å²) in [5.74, 6) is -0.898. The summed E-state index contributed by atoms with van der Waals surface area (Å²) >= 11 is 0. The lowest BCUT2D eigenvalue weighted by atomic mass is 10.0. The summed E-state index contributed by atoms with van der Waals surface area (Å²) in [7, 11) is 1.52. The lowest BCUT2D eigenvalue weighted by Crippen LogP contribution is -2.46. The van der Waals surface area contributed by atoms with Crippen LogP contribution in [0.15, 0.2) is 72.8 Å². The van der Waals surface area contributed by atoms with Crippen molar-refractivity contribution in [3.05, 3.63) is 84.2 Å². The van der Waals surface area contributed by atoms with E-state index in [2.05, 4.69) is 15.6 Å². The first-order valence-corrected chi connectivity index (χ1v) is 12.4. The number of carbonyl (C=O) groups excluding carboxylic acids is 2. The molecule has 10 heteroatoms. The van der Waals surface area contributed by atoms with Crippen molar-refractivity contribution in [1.29, 1.82) is 0 Å². The number of anilines is 1. The van der Waals surface area contributed by atoms with Gasteiger partial charge < -0.3 is 14.8 Å². The minimum atomic E-state index is -1.12. The molecule has 2 amide bonds. The number of para-hydroxylation sites is 1. The molecule has 2 atom stereocenters. The van der Waals surface area contributed by atoms with Gasteiger partial charge in [0.1, 0.15) is 29.7 Å². The van der Waals surface area contributed by atoms with Gasteiger partial charge in [0, 0.05) is 18.8 Å². The Balaban J connectivity index is 1.55. The zero-order valence-corrected chi connectivity index (χ0v) is 20.9.